The van der Waals surface area contributed by atoms with E-state index in [1.54, 1.807) is 0 Å². The van der Waals surface area contributed by atoms with Crippen molar-refractivity contribution in [3.8, 4) is 5.75 Å². The molecular weight excluding hydrogens is 727 g/mol. The summed E-state index contributed by atoms with van der Waals surface area (Å²) in [5.74, 6) is -1.50. The molecule has 0 amide bonds. The number of aromatic hydroxyl groups is 1. The molecule has 0 fully saturated rings. The molecule has 4 aromatic rings. The number of phenolic OH excluding ortho intramolecular Hbond substituents is 1. The van der Waals surface area contributed by atoms with Crippen LogP contribution in [-0.4, -0.2) is 166 Å². The Labute approximate surface area is 332 Å². The third-order valence-electron chi connectivity index (χ3n) is 5.38. The number of anilines is 3. The van der Waals surface area contributed by atoms with Crippen LogP contribution in [0.15, 0.2) is 67.4 Å². The largest absolute Gasteiger partial charge is 0.505 e. The Morgan fingerprint density at radius 1 is 0.761 bits per heavy atom. The fourth-order valence-corrected chi connectivity index (χ4v) is 5.80. The second kappa shape index (κ2) is 17.0. The molecule has 0 unspecified atom stereocenters. The number of fused-ring (bicyclic) bond motifs is 1. The molecule has 0 atom stereocenters. The number of phenols is 1. The molecule has 0 saturated carbocycles. The number of azo groups is 1. The van der Waals surface area contributed by atoms with Crippen molar-refractivity contribution in [2.45, 2.75) is 14.7 Å². The van der Waals surface area contributed by atoms with Crippen LogP contribution in [0.25, 0.3) is 10.8 Å². The van der Waals surface area contributed by atoms with Gasteiger partial charge in [0, 0.05) is 101 Å². The van der Waals surface area contributed by atoms with Crippen molar-refractivity contribution >= 4 is 170 Å². The molecule has 18 nitrogen and oxygen atoms in total. The van der Waals surface area contributed by atoms with Crippen molar-refractivity contribution in [1.29, 1.82) is 0 Å². The van der Waals surface area contributed by atoms with Crippen LogP contribution in [0.1, 0.15) is 0 Å². The quantitative estimate of drug-likeness (QED) is 0.0688. The van der Waals surface area contributed by atoms with Gasteiger partial charge in [-0.3, -0.25) is 13.7 Å². The third kappa shape index (κ3) is 10.2. The summed E-state index contributed by atoms with van der Waals surface area (Å²) in [6, 6.07) is 7.01. The number of benzene rings is 3. The predicted octanol–water partition coefficient (Wildman–Crippen LogP) is 1.54. The molecule has 1 heterocycles. The van der Waals surface area contributed by atoms with E-state index in [9.17, 15) is 44.0 Å². The maximum atomic E-state index is 12.3. The van der Waals surface area contributed by atoms with Gasteiger partial charge in [-0.1, -0.05) is 12.1 Å². The number of aliphatic hydroxyl groups excluding tert-OH is 1. The van der Waals surface area contributed by atoms with Gasteiger partial charge in [0.2, 0.25) is 17.2 Å². The molecule has 0 bridgehead atoms. The first-order valence-electron chi connectivity index (χ1n) is 11.3. The second-order valence-electron chi connectivity index (χ2n) is 8.23. The van der Waals surface area contributed by atoms with Crippen LogP contribution >= 0.6 is 11.6 Å². The van der Waals surface area contributed by atoms with Crippen molar-refractivity contribution in [3.63, 3.8) is 0 Å². The summed E-state index contributed by atoms with van der Waals surface area (Å²) in [6.45, 7) is -0.260. The molecule has 0 aliphatic rings. The SMILES string of the molecule is O=S(=O)(O)c1ccccc1N=Nc1c(S(=O)(=O)O)cc2c(S(=O)(=O)O)ccc(Nc3nc(Cl)nc(NCCO)n3)c2c1O.[Na].[Na].[Na]. The van der Waals surface area contributed by atoms with Crippen LogP contribution in [0.2, 0.25) is 5.28 Å². The zero-order chi connectivity index (χ0) is 31.7. The van der Waals surface area contributed by atoms with E-state index in [0.29, 0.717) is 6.07 Å². The molecule has 4 rings (SSSR count). The average molecular weight is 745 g/mol. The summed E-state index contributed by atoms with van der Waals surface area (Å²) in [7, 11) is -15.2. The van der Waals surface area contributed by atoms with E-state index in [4.69, 9.17) is 16.7 Å². The van der Waals surface area contributed by atoms with Crippen LogP contribution < -0.4 is 10.6 Å². The molecule has 0 saturated heterocycles. The van der Waals surface area contributed by atoms with E-state index in [2.05, 4.69) is 35.8 Å². The molecule has 7 N–H and O–H groups in total. The normalized spacial score (nSPS) is 11.8. The molecule has 3 radical (unpaired) electrons. The first-order chi connectivity index (χ1) is 20.0. The van der Waals surface area contributed by atoms with Crippen molar-refractivity contribution in [3.05, 3.63) is 47.7 Å². The molecule has 25 heteroatoms. The van der Waals surface area contributed by atoms with E-state index in [1.165, 1.54) is 12.1 Å². The first kappa shape index (κ1) is 42.9. The monoisotopic (exact) mass is 744 g/mol. The van der Waals surface area contributed by atoms with Crippen molar-refractivity contribution in [2.24, 2.45) is 10.2 Å². The number of hydrogen-bond acceptors (Lipinski definition) is 15. The number of nitrogens with one attached hydrogen (secondary N) is 2. The Morgan fingerprint density at radius 3 is 1.93 bits per heavy atom. The Bertz CT molecular complexity index is 2130. The maximum absolute atomic E-state index is 12.3. The van der Waals surface area contributed by atoms with Gasteiger partial charge < -0.3 is 20.8 Å². The fourth-order valence-electron chi connectivity index (χ4n) is 3.69. The number of hydrogen-bond donors (Lipinski definition) is 7. The van der Waals surface area contributed by atoms with Gasteiger partial charge in [-0.2, -0.15) is 40.2 Å². The third-order valence-corrected chi connectivity index (χ3v) is 8.23. The molecule has 3 aromatic carbocycles. The Hall–Kier alpha value is -1.09. The zero-order valence-corrected chi connectivity index (χ0v) is 33.2. The van der Waals surface area contributed by atoms with Crippen molar-refractivity contribution in [1.82, 2.24) is 15.0 Å². The van der Waals surface area contributed by atoms with Crippen molar-refractivity contribution in [2.75, 3.05) is 23.8 Å². The standard InChI is InChI=1S/C21H18ClN7O11S3.3Na/c22-19-25-20(23-7-8-30)27-21(26-19)24-12-5-6-13(41(32,33)34)10-9-15(43(38,39)40)17(18(31)16(10)12)29-28-11-3-1-2-4-14(11)42(35,36)37;;;/h1-6,9,30-31H,7-8H2,(H,32,33,34)(H,35,36,37)(H,38,39,40)(H2,23,24,25,26,27);;;. The van der Waals surface area contributed by atoms with Crippen LogP contribution in [0, 0.1) is 0 Å². The second-order valence-corrected chi connectivity index (χ2v) is 12.7. The van der Waals surface area contributed by atoms with Crippen LogP contribution in [0.5, 0.6) is 5.75 Å². The summed E-state index contributed by atoms with van der Waals surface area (Å²) in [5.41, 5.74) is -1.71. The van der Waals surface area contributed by atoms with E-state index in [0.717, 1.165) is 24.3 Å². The number of nitrogens with zero attached hydrogens (tertiary/aromatic N) is 5. The summed E-state index contributed by atoms with van der Waals surface area (Å²) in [6.07, 6.45) is 0. The van der Waals surface area contributed by atoms with E-state index in [1.807, 2.05) is 0 Å². The Balaban J connectivity index is 0.00000353. The summed E-state index contributed by atoms with van der Waals surface area (Å²) >= 11 is 5.92. The summed E-state index contributed by atoms with van der Waals surface area (Å²) in [5, 5.41) is 31.3. The topological polar surface area (TPSA) is 291 Å². The summed E-state index contributed by atoms with van der Waals surface area (Å²) < 4.78 is 101. The van der Waals surface area contributed by atoms with Crippen LogP contribution in [-0.2, 0) is 30.4 Å². The van der Waals surface area contributed by atoms with Gasteiger partial charge in [-0.05, 0) is 41.9 Å². The minimum atomic E-state index is -5.30. The minimum Gasteiger partial charge on any atom is -0.505 e. The summed E-state index contributed by atoms with van der Waals surface area (Å²) in [4.78, 5) is 8.86. The van der Waals surface area contributed by atoms with Crippen LogP contribution in [0.3, 0.4) is 0 Å². The molecule has 0 aliphatic carbocycles. The van der Waals surface area contributed by atoms with E-state index >= 15 is 0 Å². The first-order valence-corrected chi connectivity index (χ1v) is 16.0. The molecule has 0 spiro atoms. The van der Waals surface area contributed by atoms with Crippen LogP contribution in [0.4, 0.5) is 29.0 Å². The van der Waals surface area contributed by atoms with Crippen molar-refractivity contribution < 1.29 is 49.1 Å². The number of aromatic nitrogens is 3. The minimum absolute atomic E-state index is 0. The number of aliphatic hydroxyl groups is 1. The van der Waals surface area contributed by atoms with Gasteiger partial charge in [0.25, 0.3) is 30.4 Å². The molecule has 1 aromatic heterocycles. The molecule has 46 heavy (non-hydrogen) atoms. The molecular formula is C21H18ClN7Na3O11S3. The zero-order valence-electron chi connectivity index (χ0n) is 24.0. The average Bonchev–Trinajstić information content (AvgIpc) is 2.89. The van der Waals surface area contributed by atoms with Gasteiger partial charge in [0.05, 0.1) is 17.7 Å². The van der Waals surface area contributed by atoms with Gasteiger partial charge in [-0.25, -0.2) is 0 Å². The van der Waals surface area contributed by atoms with E-state index in [-0.39, 0.29) is 125 Å². The number of rotatable bonds is 10. The van der Waals surface area contributed by atoms with Gasteiger partial charge >= 0.3 is 0 Å². The number of halogens is 1. The maximum Gasteiger partial charge on any atom is 0.296 e. The van der Waals surface area contributed by atoms with Gasteiger partial charge in [0.15, 0.2) is 5.75 Å². The van der Waals surface area contributed by atoms with Gasteiger partial charge in [-0.15, -0.1) is 10.2 Å². The molecule has 0 aliphatic heterocycles. The fraction of sp³-hybridized carbons (Fsp3) is 0.0952. The smallest absolute Gasteiger partial charge is 0.296 e. The predicted molar refractivity (Wildman–Crippen MR) is 167 cm³/mol. The van der Waals surface area contributed by atoms with Gasteiger partial charge in [0.1, 0.15) is 26.1 Å². The van der Waals surface area contributed by atoms with E-state index < -0.39 is 72.9 Å². The Morgan fingerprint density at radius 2 is 1.35 bits per heavy atom. The Kier molecular flexibility index (Phi) is 15.9. The molecule has 231 valence electrons.